The van der Waals surface area contributed by atoms with Crippen LogP contribution >= 0.6 is 0 Å². The lowest BCUT2D eigenvalue weighted by atomic mass is 10.1. The first-order valence-corrected chi connectivity index (χ1v) is 7.95. The van der Waals surface area contributed by atoms with Gasteiger partial charge in [0.05, 0.1) is 12.0 Å². The highest BCUT2D eigenvalue weighted by molar-refractivity contribution is 6.08. The third kappa shape index (κ3) is 2.59. The molecule has 0 amide bonds. The van der Waals surface area contributed by atoms with E-state index in [0.29, 0.717) is 6.54 Å². The Kier molecular flexibility index (Phi) is 3.61. The summed E-state index contributed by atoms with van der Waals surface area (Å²) >= 11 is 0. The van der Waals surface area contributed by atoms with Gasteiger partial charge in [-0.3, -0.25) is 10.1 Å². The van der Waals surface area contributed by atoms with Crippen molar-refractivity contribution < 1.29 is 9.66 Å². The van der Waals surface area contributed by atoms with Crippen molar-refractivity contribution in [1.82, 2.24) is 4.57 Å². The van der Waals surface area contributed by atoms with Gasteiger partial charge in [-0.05, 0) is 29.8 Å². The number of ether oxygens (including phenoxy) is 1. The third-order valence-corrected chi connectivity index (χ3v) is 4.47. The van der Waals surface area contributed by atoms with Crippen LogP contribution in [0.15, 0.2) is 66.7 Å². The Morgan fingerprint density at radius 2 is 1.68 bits per heavy atom. The second-order valence-corrected chi connectivity index (χ2v) is 5.91. The number of aromatic nitrogens is 1. The van der Waals surface area contributed by atoms with Gasteiger partial charge in [0, 0.05) is 40.5 Å². The van der Waals surface area contributed by atoms with Crippen LogP contribution in [-0.2, 0) is 6.54 Å². The second-order valence-electron chi connectivity index (χ2n) is 5.91. The molecular weight excluding hydrogens is 316 g/mol. The fourth-order valence-electron chi connectivity index (χ4n) is 3.24. The largest absolute Gasteiger partial charge is 0.497 e. The molecule has 4 rings (SSSR count). The number of nitrogens with zero attached hydrogens (tertiary/aromatic N) is 2. The van der Waals surface area contributed by atoms with Crippen LogP contribution < -0.4 is 4.74 Å². The molecule has 5 heteroatoms. The van der Waals surface area contributed by atoms with Crippen molar-refractivity contribution in [3.05, 3.63) is 82.4 Å². The average molecular weight is 332 g/mol. The van der Waals surface area contributed by atoms with Crippen LogP contribution in [0.25, 0.3) is 21.8 Å². The van der Waals surface area contributed by atoms with Gasteiger partial charge in [0.2, 0.25) is 0 Å². The first-order valence-electron chi connectivity index (χ1n) is 7.95. The molecule has 0 N–H and O–H groups in total. The van der Waals surface area contributed by atoms with Gasteiger partial charge in [0.25, 0.3) is 5.69 Å². The maximum absolute atomic E-state index is 11.1. The molecule has 0 saturated carbocycles. The second kappa shape index (κ2) is 5.94. The number of para-hydroxylation sites is 1. The molecule has 5 nitrogen and oxygen atoms in total. The molecule has 0 aliphatic rings. The number of non-ortho nitro benzene ring substituents is 1. The van der Waals surface area contributed by atoms with Crippen molar-refractivity contribution >= 4 is 27.5 Å². The van der Waals surface area contributed by atoms with Crippen molar-refractivity contribution in [1.29, 1.82) is 0 Å². The minimum absolute atomic E-state index is 0.111. The molecule has 124 valence electrons. The maximum Gasteiger partial charge on any atom is 0.270 e. The van der Waals surface area contributed by atoms with E-state index in [9.17, 15) is 10.1 Å². The molecule has 0 aliphatic heterocycles. The summed E-state index contributed by atoms with van der Waals surface area (Å²) in [6.45, 7) is 0.686. The van der Waals surface area contributed by atoms with E-state index in [0.717, 1.165) is 33.1 Å². The molecule has 1 aromatic heterocycles. The average Bonchev–Trinajstić information content (AvgIpc) is 2.96. The Bertz CT molecular complexity index is 1080. The number of rotatable bonds is 4. The molecule has 0 radical (unpaired) electrons. The summed E-state index contributed by atoms with van der Waals surface area (Å²) in [4.78, 5) is 10.8. The van der Waals surface area contributed by atoms with Crippen molar-refractivity contribution in [3.63, 3.8) is 0 Å². The fraction of sp³-hybridized carbons (Fsp3) is 0.100. The molecule has 3 aromatic carbocycles. The Morgan fingerprint density at radius 1 is 0.960 bits per heavy atom. The lowest BCUT2D eigenvalue weighted by Crippen LogP contribution is -1.99. The summed E-state index contributed by atoms with van der Waals surface area (Å²) < 4.78 is 7.40. The molecule has 0 spiro atoms. The summed E-state index contributed by atoms with van der Waals surface area (Å²) in [7, 11) is 1.65. The van der Waals surface area contributed by atoms with E-state index < -0.39 is 0 Å². The monoisotopic (exact) mass is 332 g/mol. The topological polar surface area (TPSA) is 57.3 Å². The van der Waals surface area contributed by atoms with Crippen molar-refractivity contribution in [2.24, 2.45) is 0 Å². The normalized spacial score (nSPS) is 11.1. The van der Waals surface area contributed by atoms with E-state index in [4.69, 9.17) is 4.74 Å². The number of hydrogen-bond donors (Lipinski definition) is 0. The summed E-state index contributed by atoms with van der Waals surface area (Å²) in [5, 5.41) is 13.0. The number of nitro benzene ring substituents is 1. The predicted molar refractivity (Wildman–Crippen MR) is 98.2 cm³/mol. The van der Waals surface area contributed by atoms with Gasteiger partial charge in [-0.2, -0.15) is 0 Å². The van der Waals surface area contributed by atoms with Crippen molar-refractivity contribution in [2.45, 2.75) is 6.54 Å². The predicted octanol–water partition coefficient (Wildman–Crippen LogP) is 4.76. The molecule has 25 heavy (non-hydrogen) atoms. The lowest BCUT2D eigenvalue weighted by Gasteiger charge is -2.08. The molecule has 0 bridgehead atoms. The van der Waals surface area contributed by atoms with E-state index in [1.807, 2.05) is 54.6 Å². The zero-order valence-electron chi connectivity index (χ0n) is 13.7. The minimum atomic E-state index is -0.352. The van der Waals surface area contributed by atoms with Crippen LogP contribution in [0.2, 0.25) is 0 Å². The number of nitro groups is 1. The van der Waals surface area contributed by atoms with Crippen LogP contribution in [0.4, 0.5) is 5.69 Å². The van der Waals surface area contributed by atoms with Crippen LogP contribution in [0.3, 0.4) is 0 Å². The zero-order chi connectivity index (χ0) is 17.4. The Balaban J connectivity index is 1.90. The quantitative estimate of drug-likeness (QED) is 0.400. The Labute approximate surface area is 144 Å². The number of methoxy groups -OCH3 is 1. The van der Waals surface area contributed by atoms with Crippen molar-refractivity contribution in [2.75, 3.05) is 7.11 Å². The van der Waals surface area contributed by atoms with Gasteiger partial charge >= 0.3 is 0 Å². The number of benzene rings is 3. The first-order chi connectivity index (χ1) is 12.2. The Morgan fingerprint density at radius 3 is 2.40 bits per heavy atom. The van der Waals surface area contributed by atoms with Crippen LogP contribution in [0, 0.1) is 10.1 Å². The third-order valence-electron chi connectivity index (χ3n) is 4.47. The van der Waals surface area contributed by atoms with E-state index in [1.165, 1.54) is 0 Å². The molecule has 0 unspecified atom stereocenters. The standard InChI is InChI=1S/C20H16N2O3/c1-25-16-9-6-14(7-10-16)13-21-19-5-3-2-4-17(19)18-12-15(22(23)24)8-11-20(18)21/h2-12H,13H2,1H3. The molecule has 1 heterocycles. The van der Waals surface area contributed by atoms with Gasteiger partial charge in [-0.25, -0.2) is 0 Å². The SMILES string of the molecule is COc1ccc(Cn2c3ccccc3c3cc([N+](=O)[O-])ccc32)cc1. The lowest BCUT2D eigenvalue weighted by molar-refractivity contribution is -0.384. The molecule has 4 aromatic rings. The van der Waals surface area contributed by atoms with Gasteiger partial charge in [-0.15, -0.1) is 0 Å². The molecule has 0 saturated heterocycles. The first kappa shape index (κ1) is 15.2. The Hall–Kier alpha value is -3.34. The van der Waals surface area contributed by atoms with Crippen molar-refractivity contribution in [3.8, 4) is 5.75 Å². The highest BCUT2D eigenvalue weighted by Gasteiger charge is 2.14. The van der Waals surface area contributed by atoms with Gasteiger partial charge < -0.3 is 9.30 Å². The number of fused-ring (bicyclic) bond motifs is 3. The van der Waals surface area contributed by atoms with E-state index in [2.05, 4.69) is 4.57 Å². The molecule has 0 aliphatic carbocycles. The van der Waals surface area contributed by atoms with E-state index >= 15 is 0 Å². The van der Waals surface area contributed by atoms with Crippen LogP contribution in [0.1, 0.15) is 5.56 Å². The van der Waals surface area contributed by atoms with Crippen LogP contribution in [-0.4, -0.2) is 16.6 Å². The summed E-state index contributed by atoms with van der Waals surface area (Å²) in [5.41, 5.74) is 3.30. The van der Waals surface area contributed by atoms with E-state index in [-0.39, 0.29) is 10.6 Å². The highest BCUT2D eigenvalue weighted by atomic mass is 16.6. The zero-order valence-corrected chi connectivity index (χ0v) is 13.7. The summed E-state index contributed by atoms with van der Waals surface area (Å²) in [5.74, 6) is 0.821. The maximum atomic E-state index is 11.1. The molecule has 0 atom stereocenters. The molecular formula is C20H16N2O3. The minimum Gasteiger partial charge on any atom is -0.497 e. The smallest absolute Gasteiger partial charge is 0.270 e. The van der Waals surface area contributed by atoms with Gasteiger partial charge in [0.1, 0.15) is 5.75 Å². The number of hydrogen-bond acceptors (Lipinski definition) is 3. The van der Waals surface area contributed by atoms with Crippen LogP contribution in [0.5, 0.6) is 5.75 Å². The summed E-state index contributed by atoms with van der Waals surface area (Å²) in [6, 6.07) is 21.0. The van der Waals surface area contributed by atoms with Gasteiger partial charge in [-0.1, -0.05) is 30.3 Å². The molecule has 0 fully saturated rings. The van der Waals surface area contributed by atoms with Gasteiger partial charge in [0.15, 0.2) is 0 Å². The fourth-order valence-corrected chi connectivity index (χ4v) is 3.24. The van der Waals surface area contributed by atoms with E-state index in [1.54, 1.807) is 19.2 Å². The highest BCUT2D eigenvalue weighted by Crippen LogP contribution is 2.32. The summed E-state index contributed by atoms with van der Waals surface area (Å²) in [6.07, 6.45) is 0.